The van der Waals surface area contributed by atoms with Crippen LogP contribution in [0, 0.1) is 5.82 Å². The maximum Gasteiger partial charge on any atom is 0.247 e. The Labute approximate surface area is 208 Å². The van der Waals surface area contributed by atoms with Gasteiger partial charge >= 0.3 is 0 Å². The first-order chi connectivity index (χ1) is 17.6. The fourth-order valence-electron chi connectivity index (χ4n) is 4.96. The third kappa shape index (κ3) is 5.00. The summed E-state index contributed by atoms with van der Waals surface area (Å²) in [6.07, 6.45) is 5.98. The minimum Gasteiger partial charge on any atom is -0.467 e. The molecule has 36 heavy (non-hydrogen) atoms. The van der Waals surface area contributed by atoms with Crippen molar-refractivity contribution < 1.29 is 18.4 Å². The van der Waals surface area contributed by atoms with Crippen LogP contribution >= 0.6 is 0 Å². The van der Waals surface area contributed by atoms with Gasteiger partial charge in [-0.3, -0.25) is 9.59 Å². The molecule has 1 saturated carbocycles. The molecule has 0 spiro atoms. The minimum absolute atomic E-state index is 0.104. The first kappa shape index (κ1) is 23.7. The highest BCUT2D eigenvalue weighted by Gasteiger charge is 2.38. The van der Waals surface area contributed by atoms with E-state index in [-0.39, 0.29) is 30.6 Å². The van der Waals surface area contributed by atoms with Crippen LogP contribution < -0.4 is 5.32 Å². The summed E-state index contributed by atoms with van der Waals surface area (Å²) in [5.74, 6) is -0.728. The number of nitrogens with one attached hydrogen (secondary N) is 1. The fraction of sp³-hybridized carbons (Fsp3) is 0.333. The Kier molecular flexibility index (Phi) is 7.06. The maximum absolute atomic E-state index is 15.1. The number of hydrogen-bond acceptors (Lipinski definition) is 5. The molecule has 1 fully saturated rings. The monoisotopic (exact) mass is 489 g/mol. The Morgan fingerprint density at radius 1 is 1.06 bits per heavy atom. The van der Waals surface area contributed by atoms with Gasteiger partial charge in [-0.05, 0) is 43.2 Å². The summed E-state index contributed by atoms with van der Waals surface area (Å²) < 4.78 is 22.0. The third-order valence-corrected chi connectivity index (χ3v) is 6.70. The first-order valence-electron chi connectivity index (χ1n) is 12.3. The maximum atomic E-state index is 15.1. The Morgan fingerprint density at radius 2 is 1.83 bits per heavy atom. The molecule has 0 unspecified atom stereocenters. The molecular formula is C27H28FN5O3. The second kappa shape index (κ2) is 10.7. The van der Waals surface area contributed by atoms with E-state index in [0.717, 1.165) is 37.6 Å². The summed E-state index contributed by atoms with van der Waals surface area (Å²) in [5.41, 5.74) is 1.56. The van der Waals surface area contributed by atoms with Crippen molar-refractivity contribution >= 4 is 22.8 Å². The van der Waals surface area contributed by atoms with Crippen LogP contribution in [0.3, 0.4) is 0 Å². The van der Waals surface area contributed by atoms with Gasteiger partial charge in [0.05, 0.1) is 18.3 Å². The van der Waals surface area contributed by atoms with E-state index in [2.05, 4.69) is 15.6 Å². The summed E-state index contributed by atoms with van der Waals surface area (Å²) in [4.78, 5) is 29.2. The van der Waals surface area contributed by atoms with Gasteiger partial charge in [-0.2, -0.15) is 0 Å². The normalized spacial score (nSPS) is 15.0. The van der Waals surface area contributed by atoms with Gasteiger partial charge < -0.3 is 14.6 Å². The lowest BCUT2D eigenvalue weighted by atomic mass is 9.91. The van der Waals surface area contributed by atoms with Crippen molar-refractivity contribution in [1.29, 1.82) is 0 Å². The molecule has 2 heterocycles. The largest absolute Gasteiger partial charge is 0.467 e. The molecule has 1 aliphatic carbocycles. The lowest BCUT2D eigenvalue weighted by Crippen LogP contribution is -2.50. The fourth-order valence-corrected chi connectivity index (χ4v) is 4.96. The number of carbonyl (C=O) groups excluding carboxylic acids is 2. The number of nitrogens with zero attached hydrogens (tertiary/aromatic N) is 4. The number of carbonyl (C=O) groups is 2. The van der Waals surface area contributed by atoms with Crippen molar-refractivity contribution in [3.8, 4) is 0 Å². The zero-order chi connectivity index (χ0) is 24.9. The van der Waals surface area contributed by atoms with Crippen molar-refractivity contribution in [3.63, 3.8) is 0 Å². The van der Waals surface area contributed by atoms with E-state index in [1.807, 2.05) is 24.3 Å². The van der Waals surface area contributed by atoms with Crippen LogP contribution in [0.5, 0.6) is 0 Å². The van der Waals surface area contributed by atoms with Crippen LogP contribution in [-0.4, -0.2) is 37.7 Å². The molecule has 0 bridgehead atoms. The van der Waals surface area contributed by atoms with Crippen LogP contribution in [-0.2, 0) is 22.7 Å². The summed E-state index contributed by atoms with van der Waals surface area (Å²) in [6, 6.07) is 15.7. The Morgan fingerprint density at radius 3 is 2.61 bits per heavy atom. The number of benzene rings is 2. The molecule has 4 aromatic rings. The highest BCUT2D eigenvalue weighted by atomic mass is 19.1. The molecule has 1 atom stereocenters. The van der Waals surface area contributed by atoms with Crippen LogP contribution in [0.4, 0.5) is 4.39 Å². The van der Waals surface area contributed by atoms with Crippen LogP contribution in [0.2, 0.25) is 0 Å². The van der Waals surface area contributed by atoms with E-state index in [0.29, 0.717) is 11.3 Å². The van der Waals surface area contributed by atoms with Crippen molar-refractivity contribution in [2.75, 3.05) is 0 Å². The molecule has 186 valence electrons. The highest BCUT2D eigenvalue weighted by molar-refractivity contribution is 5.89. The average Bonchev–Trinajstić information content (AvgIpc) is 3.57. The Bertz CT molecular complexity index is 1330. The van der Waals surface area contributed by atoms with Crippen LogP contribution in [0.25, 0.3) is 11.0 Å². The van der Waals surface area contributed by atoms with E-state index in [9.17, 15) is 9.59 Å². The summed E-state index contributed by atoms with van der Waals surface area (Å²) in [7, 11) is 0. The smallest absolute Gasteiger partial charge is 0.247 e. The average molecular weight is 490 g/mol. The summed E-state index contributed by atoms with van der Waals surface area (Å²) in [5, 5.41) is 11.2. The Balaban J connectivity index is 1.51. The SMILES string of the molecule is O=C(NCc1ccco1)[C@H](c1ccccc1F)N(C(=O)Cn1nnc2ccccc21)C1CCCCC1. The molecule has 5 rings (SSSR count). The predicted octanol–water partition coefficient (Wildman–Crippen LogP) is 4.38. The quantitative estimate of drug-likeness (QED) is 0.396. The zero-order valence-electron chi connectivity index (χ0n) is 19.8. The van der Waals surface area contributed by atoms with Gasteiger partial charge in [-0.1, -0.05) is 54.8 Å². The Hall–Kier alpha value is -4.01. The van der Waals surface area contributed by atoms with Crippen molar-refractivity contribution in [1.82, 2.24) is 25.2 Å². The molecule has 0 radical (unpaired) electrons. The second-order valence-corrected chi connectivity index (χ2v) is 9.05. The minimum atomic E-state index is -1.13. The predicted molar refractivity (Wildman–Crippen MR) is 131 cm³/mol. The number of hydrogen-bond donors (Lipinski definition) is 1. The van der Waals surface area contributed by atoms with Crippen LogP contribution in [0.1, 0.15) is 49.5 Å². The van der Waals surface area contributed by atoms with E-state index in [1.54, 1.807) is 35.2 Å². The third-order valence-electron chi connectivity index (χ3n) is 6.70. The summed E-state index contributed by atoms with van der Waals surface area (Å²) in [6.45, 7) is 0.0324. The van der Waals surface area contributed by atoms with Gasteiger partial charge in [0.2, 0.25) is 11.8 Å². The molecular weight excluding hydrogens is 461 g/mol. The number of para-hydroxylation sites is 1. The van der Waals surface area contributed by atoms with E-state index < -0.39 is 17.8 Å². The zero-order valence-corrected chi connectivity index (χ0v) is 19.8. The molecule has 0 saturated heterocycles. The number of aromatic nitrogens is 3. The number of rotatable bonds is 8. The lowest BCUT2D eigenvalue weighted by Gasteiger charge is -2.39. The van der Waals surface area contributed by atoms with Gasteiger partial charge in [-0.25, -0.2) is 9.07 Å². The number of halogens is 1. The number of furan rings is 1. The highest BCUT2D eigenvalue weighted by Crippen LogP contribution is 2.32. The molecule has 2 aromatic heterocycles. The van der Waals surface area contributed by atoms with Crippen molar-refractivity contribution in [2.45, 2.75) is 57.3 Å². The molecule has 8 nitrogen and oxygen atoms in total. The van der Waals surface area contributed by atoms with Crippen molar-refractivity contribution in [3.05, 3.63) is 84.1 Å². The molecule has 0 aliphatic heterocycles. The van der Waals surface area contributed by atoms with Gasteiger partial charge in [0.25, 0.3) is 0 Å². The molecule has 2 amide bonds. The topological polar surface area (TPSA) is 93.3 Å². The van der Waals surface area contributed by atoms with Crippen LogP contribution in [0.15, 0.2) is 71.3 Å². The standard InChI is InChI=1S/C27H28FN5O3/c28-22-13-5-4-12-21(22)26(27(35)29-17-20-11-8-16-36-20)33(19-9-2-1-3-10-19)25(34)18-32-24-15-7-6-14-23(24)30-31-32/h4-8,11-16,19,26H,1-3,9-10,17-18H2,(H,29,35)/t26-/m0/s1. The van der Waals surface area contributed by atoms with Crippen molar-refractivity contribution in [2.24, 2.45) is 0 Å². The summed E-state index contributed by atoms with van der Waals surface area (Å²) >= 11 is 0. The van der Waals surface area contributed by atoms with E-state index in [4.69, 9.17) is 4.42 Å². The van der Waals surface area contributed by atoms with Gasteiger partial charge in [0, 0.05) is 11.6 Å². The lowest BCUT2D eigenvalue weighted by molar-refractivity contribution is -0.145. The molecule has 1 aliphatic rings. The molecule has 1 N–H and O–H groups in total. The first-order valence-corrected chi connectivity index (χ1v) is 12.3. The van der Waals surface area contributed by atoms with E-state index in [1.165, 1.54) is 17.0 Å². The van der Waals surface area contributed by atoms with E-state index >= 15 is 4.39 Å². The molecule has 9 heteroatoms. The van der Waals surface area contributed by atoms with Gasteiger partial charge in [-0.15, -0.1) is 5.10 Å². The van der Waals surface area contributed by atoms with Gasteiger partial charge in [0.15, 0.2) is 0 Å². The second-order valence-electron chi connectivity index (χ2n) is 9.05. The van der Waals surface area contributed by atoms with Gasteiger partial charge in [0.1, 0.15) is 29.7 Å². The molecule has 2 aromatic carbocycles. The number of amides is 2. The number of fused-ring (bicyclic) bond motifs is 1.